The second kappa shape index (κ2) is 9.84. The van der Waals surface area contributed by atoms with Gasteiger partial charge in [0.25, 0.3) is 11.7 Å². The molecule has 4 aromatic rings. The first kappa shape index (κ1) is 24.2. The van der Waals surface area contributed by atoms with Crippen molar-refractivity contribution in [1.82, 2.24) is 9.88 Å². The van der Waals surface area contributed by atoms with E-state index in [0.29, 0.717) is 22.6 Å². The third-order valence-electron chi connectivity index (χ3n) is 6.45. The summed E-state index contributed by atoms with van der Waals surface area (Å²) in [6.07, 6.45) is 2.38. The quantitative estimate of drug-likeness (QED) is 0.164. The van der Waals surface area contributed by atoms with Crippen LogP contribution >= 0.6 is 27.5 Å². The number of benzene rings is 3. The molecule has 36 heavy (non-hydrogen) atoms. The number of rotatable bonds is 6. The molecule has 182 valence electrons. The van der Waals surface area contributed by atoms with Crippen LogP contribution in [-0.4, -0.2) is 40.3 Å². The Morgan fingerprint density at radius 2 is 1.86 bits per heavy atom. The van der Waals surface area contributed by atoms with Crippen molar-refractivity contribution in [3.63, 3.8) is 0 Å². The summed E-state index contributed by atoms with van der Waals surface area (Å²) < 4.78 is 6.19. The Morgan fingerprint density at radius 1 is 1.11 bits per heavy atom. The van der Waals surface area contributed by atoms with Gasteiger partial charge in [0, 0.05) is 38.7 Å². The van der Waals surface area contributed by atoms with Gasteiger partial charge in [-0.15, -0.1) is 0 Å². The Hall–Kier alpha value is -3.55. The normalized spacial score (nSPS) is 17.2. The van der Waals surface area contributed by atoms with Crippen LogP contribution in [0, 0.1) is 0 Å². The molecule has 1 aliphatic heterocycles. The Bertz CT molecular complexity index is 1510. The van der Waals surface area contributed by atoms with Gasteiger partial charge < -0.3 is 19.7 Å². The second-order valence-corrected chi connectivity index (χ2v) is 9.82. The SMILES string of the molecule is COc1ccc2[nH]cc(CCN3C(=O)C(=O)C(=C(O)c4ccc(Br)cc4)[C@@H]3c3ccccc3Cl)c2c1. The highest BCUT2D eigenvalue weighted by Gasteiger charge is 2.46. The van der Waals surface area contributed by atoms with E-state index in [0.717, 1.165) is 26.7 Å². The van der Waals surface area contributed by atoms with Crippen LogP contribution in [0.3, 0.4) is 0 Å². The van der Waals surface area contributed by atoms with Crippen LogP contribution < -0.4 is 4.74 Å². The Balaban J connectivity index is 1.56. The minimum atomic E-state index is -0.818. The molecule has 0 spiro atoms. The number of nitrogens with zero attached hydrogens (tertiary/aromatic N) is 1. The number of ketones is 1. The summed E-state index contributed by atoms with van der Waals surface area (Å²) in [7, 11) is 1.61. The van der Waals surface area contributed by atoms with Gasteiger partial charge in [-0.2, -0.15) is 0 Å². The van der Waals surface area contributed by atoms with Crippen LogP contribution in [0.1, 0.15) is 22.7 Å². The standard InChI is InChI=1S/C28H22BrClN2O4/c1-36-19-10-11-23-21(14-19)17(15-31-23)12-13-32-25(20-4-2-3-5-22(20)30)24(27(34)28(32)35)26(33)16-6-8-18(29)9-7-16/h2-11,14-15,25,31,33H,12-13H2,1H3/t25-/m0/s1. The minimum Gasteiger partial charge on any atom is -0.507 e. The van der Waals surface area contributed by atoms with E-state index in [-0.39, 0.29) is 17.9 Å². The number of aromatic amines is 1. The fourth-order valence-corrected chi connectivity index (χ4v) is 5.13. The van der Waals surface area contributed by atoms with E-state index >= 15 is 0 Å². The first-order valence-electron chi connectivity index (χ1n) is 11.3. The number of hydrogen-bond donors (Lipinski definition) is 2. The van der Waals surface area contributed by atoms with Crippen LogP contribution in [-0.2, 0) is 16.0 Å². The first-order valence-corrected chi connectivity index (χ1v) is 12.5. The topological polar surface area (TPSA) is 82.6 Å². The van der Waals surface area contributed by atoms with Gasteiger partial charge in [0.05, 0.1) is 18.7 Å². The zero-order chi connectivity index (χ0) is 25.4. The molecule has 1 amide bonds. The Morgan fingerprint density at radius 3 is 2.58 bits per heavy atom. The van der Waals surface area contributed by atoms with Crippen molar-refractivity contribution in [2.45, 2.75) is 12.5 Å². The van der Waals surface area contributed by atoms with Gasteiger partial charge in [-0.1, -0.05) is 57.9 Å². The number of methoxy groups -OCH3 is 1. The monoisotopic (exact) mass is 564 g/mol. The third kappa shape index (κ3) is 4.29. The van der Waals surface area contributed by atoms with Crippen LogP contribution in [0.25, 0.3) is 16.7 Å². The van der Waals surface area contributed by atoms with Crippen molar-refractivity contribution in [3.05, 3.63) is 105 Å². The average Bonchev–Trinajstić information content (AvgIpc) is 3.40. The first-order chi connectivity index (χ1) is 17.4. The van der Waals surface area contributed by atoms with E-state index in [4.69, 9.17) is 16.3 Å². The number of likely N-dealkylation sites (tertiary alicyclic amines) is 1. The molecule has 5 rings (SSSR count). The lowest BCUT2D eigenvalue weighted by molar-refractivity contribution is -0.139. The summed E-state index contributed by atoms with van der Waals surface area (Å²) >= 11 is 9.91. The molecule has 0 saturated carbocycles. The molecule has 1 atom stereocenters. The van der Waals surface area contributed by atoms with Crippen LogP contribution in [0.5, 0.6) is 5.75 Å². The van der Waals surface area contributed by atoms with E-state index in [2.05, 4.69) is 20.9 Å². The van der Waals surface area contributed by atoms with Gasteiger partial charge in [-0.3, -0.25) is 9.59 Å². The molecular weight excluding hydrogens is 544 g/mol. The summed E-state index contributed by atoms with van der Waals surface area (Å²) in [4.78, 5) is 31.3. The van der Waals surface area contributed by atoms with E-state index in [9.17, 15) is 14.7 Å². The number of carbonyl (C=O) groups is 2. The molecule has 8 heteroatoms. The molecule has 0 radical (unpaired) electrons. The number of halogens is 2. The summed E-state index contributed by atoms with van der Waals surface area (Å²) in [6, 6.07) is 18.9. The summed E-state index contributed by atoms with van der Waals surface area (Å²) in [6.45, 7) is 0.252. The fraction of sp³-hybridized carbons (Fsp3) is 0.143. The van der Waals surface area contributed by atoms with Gasteiger partial charge in [-0.05, 0) is 53.9 Å². The molecule has 0 bridgehead atoms. The minimum absolute atomic E-state index is 0.0241. The molecule has 1 saturated heterocycles. The van der Waals surface area contributed by atoms with Gasteiger partial charge >= 0.3 is 0 Å². The Labute approximate surface area is 221 Å². The second-order valence-electron chi connectivity index (χ2n) is 8.50. The molecule has 2 heterocycles. The molecule has 1 aliphatic rings. The van der Waals surface area contributed by atoms with Gasteiger partial charge in [-0.25, -0.2) is 0 Å². The zero-order valence-corrected chi connectivity index (χ0v) is 21.6. The van der Waals surface area contributed by atoms with Crippen LogP contribution in [0.15, 0.2) is 83.0 Å². The number of fused-ring (bicyclic) bond motifs is 1. The predicted octanol–water partition coefficient (Wildman–Crippen LogP) is 6.26. The number of hydrogen-bond acceptors (Lipinski definition) is 4. The third-order valence-corrected chi connectivity index (χ3v) is 7.33. The maximum absolute atomic E-state index is 13.3. The number of aliphatic hydroxyl groups excluding tert-OH is 1. The van der Waals surface area contributed by atoms with Crippen molar-refractivity contribution in [2.24, 2.45) is 0 Å². The number of nitrogens with one attached hydrogen (secondary N) is 1. The molecule has 0 aliphatic carbocycles. The number of aromatic nitrogens is 1. The lowest BCUT2D eigenvalue weighted by Crippen LogP contribution is -2.31. The highest BCUT2D eigenvalue weighted by molar-refractivity contribution is 9.10. The average molecular weight is 566 g/mol. The van der Waals surface area contributed by atoms with Crippen molar-refractivity contribution >= 4 is 55.9 Å². The number of aliphatic hydroxyl groups is 1. The van der Waals surface area contributed by atoms with E-state index < -0.39 is 17.7 Å². The molecule has 1 aromatic heterocycles. The molecule has 3 aromatic carbocycles. The number of ether oxygens (including phenoxy) is 1. The van der Waals surface area contributed by atoms with E-state index in [1.807, 2.05) is 24.4 Å². The lowest BCUT2D eigenvalue weighted by atomic mass is 9.95. The van der Waals surface area contributed by atoms with Gasteiger partial charge in [0.15, 0.2) is 0 Å². The molecule has 6 nitrogen and oxygen atoms in total. The van der Waals surface area contributed by atoms with Crippen molar-refractivity contribution in [2.75, 3.05) is 13.7 Å². The number of H-pyrrole nitrogens is 1. The smallest absolute Gasteiger partial charge is 0.295 e. The van der Waals surface area contributed by atoms with Crippen molar-refractivity contribution < 1.29 is 19.4 Å². The summed E-state index contributed by atoms with van der Waals surface area (Å²) in [5.41, 5.74) is 2.98. The summed E-state index contributed by atoms with van der Waals surface area (Å²) in [5, 5.41) is 12.6. The van der Waals surface area contributed by atoms with Crippen LogP contribution in [0.4, 0.5) is 0 Å². The fourth-order valence-electron chi connectivity index (χ4n) is 4.63. The van der Waals surface area contributed by atoms with Crippen LogP contribution in [0.2, 0.25) is 5.02 Å². The maximum atomic E-state index is 13.3. The highest BCUT2D eigenvalue weighted by atomic mass is 79.9. The number of carbonyl (C=O) groups excluding carboxylic acids is 2. The van der Waals surface area contributed by atoms with Crippen molar-refractivity contribution in [1.29, 1.82) is 0 Å². The Kier molecular flexibility index (Phi) is 6.60. The molecule has 2 N–H and O–H groups in total. The molecule has 1 fully saturated rings. The van der Waals surface area contributed by atoms with Gasteiger partial charge in [0.2, 0.25) is 0 Å². The molecular formula is C28H22BrClN2O4. The number of Topliss-reactive ketones (excluding diaryl/α,β-unsaturated/α-hetero) is 1. The lowest BCUT2D eigenvalue weighted by Gasteiger charge is -2.26. The predicted molar refractivity (Wildman–Crippen MR) is 143 cm³/mol. The number of amides is 1. The summed E-state index contributed by atoms with van der Waals surface area (Å²) in [5.74, 6) is -0.906. The van der Waals surface area contributed by atoms with E-state index in [1.165, 1.54) is 4.90 Å². The zero-order valence-electron chi connectivity index (χ0n) is 19.3. The highest BCUT2D eigenvalue weighted by Crippen LogP contribution is 2.42. The molecule has 0 unspecified atom stereocenters. The maximum Gasteiger partial charge on any atom is 0.295 e. The largest absolute Gasteiger partial charge is 0.507 e. The van der Waals surface area contributed by atoms with Crippen molar-refractivity contribution in [3.8, 4) is 5.75 Å². The van der Waals surface area contributed by atoms with E-state index in [1.54, 1.807) is 55.6 Å². The van der Waals surface area contributed by atoms with Gasteiger partial charge in [0.1, 0.15) is 11.5 Å².